The molecule has 0 aliphatic heterocycles. The van der Waals surface area contributed by atoms with Crippen molar-refractivity contribution in [1.29, 1.82) is 0 Å². The Kier molecular flexibility index (Phi) is 2.76. The maximum Gasteiger partial charge on any atom is -0.0134 e. The van der Waals surface area contributed by atoms with Crippen LogP contribution < -0.4 is 0 Å². The van der Waals surface area contributed by atoms with Gasteiger partial charge < -0.3 is 0 Å². The quantitative estimate of drug-likeness (QED) is 0.522. The van der Waals surface area contributed by atoms with E-state index in [4.69, 9.17) is 0 Å². The summed E-state index contributed by atoms with van der Waals surface area (Å²) in [6.45, 7) is 6.92. The maximum absolute atomic E-state index is 3.57. The van der Waals surface area contributed by atoms with E-state index >= 15 is 0 Å². The van der Waals surface area contributed by atoms with E-state index in [9.17, 15) is 0 Å². The van der Waals surface area contributed by atoms with Gasteiger partial charge in [0.15, 0.2) is 0 Å². The lowest BCUT2D eigenvalue weighted by molar-refractivity contribution is 0.302. The first-order valence-corrected chi connectivity index (χ1v) is 4.43. The van der Waals surface area contributed by atoms with Gasteiger partial charge in [-0.3, -0.25) is 0 Å². The lowest BCUT2D eigenvalue weighted by atomic mass is 9.78. The fourth-order valence-electron chi connectivity index (χ4n) is 1.59. The van der Waals surface area contributed by atoms with Crippen LogP contribution in [0, 0.1) is 24.2 Å². The van der Waals surface area contributed by atoms with Crippen molar-refractivity contribution in [2.75, 3.05) is 0 Å². The molecule has 1 aliphatic rings. The standard InChI is InChI=1S/C10H18/c1-8(2)10-6-4-9(3)5-7-10/h8-10H,4-6H2,1-3H3. The van der Waals surface area contributed by atoms with Crippen LogP contribution in [-0.2, 0) is 0 Å². The molecule has 2 radical (unpaired) electrons. The highest BCUT2D eigenvalue weighted by Gasteiger charge is 2.20. The summed E-state index contributed by atoms with van der Waals surface area (Å²) in [5.74, 6) is 2.50. The molecule has 0 aromatic heterocycles. The first kappa shape index (κ1) is 8.10. The zero-order valence-corrected chi connectivity index (χ0v) is 7.35. The summed E-state index contributed by atoms with van der Waals surface area (Å²) in [4.78, 5) is 0. The van der Waals surface area contributed by atoms with Gasteiger partial charge in [0.1, 0.15) is 0 Å². The fraction of sp³-hybridized carbons (Fsp3) is 0.900. The molecule has 0 heteroatoms. The number of hydrogen-bond donors (Lipinski definition) is 0. The van der Waals surface area contributed by atoms with Crippen LogP contribution in [0.2, 0.25) is 0 Å². The van der Waals surface area contributed by atoms with Crippen LogP contribution in [-0.4, -0.2) is 0 Å². The van der Waals surface area contributed by atoms with Crippen LogP contribution in [0.4, 0.5) is 0 Å². The van der Waals surface area contributed by atoms with Crippen molar-refractivity contribution in [3.63, 3.8) is 0 Å². The summed E-state index contributed by atoms with van der Waals surface area (Å²) in [7, 11) is 0. The molecule has 0 saturated heterocycles. The zero-order valence-electron chi connectivity index (χ0n) is 7.35. The van der Waals surface area contributed by atoms with Gasteiger partial charge in [0.2, 0.25) is 0 Å². The van der Waals surface area contributed by atoms with Crippen LogP contribution in [0.15, 0.2) is 0 Å². The molecule has 2 unspecified atom stereocenters. The van der Waals surface area contributed by atoms with E-state index in [1.54, 1.807) is 0 Å². The lowest BCUT2D eigenvalue weighted by Crippen LogP contribution is -2.17. The largest absolute Gasteiger partial charge is 0.0625 e. The average Bonchev–Trinajstić information content (AvgIpc) is 1.88. The van der Waals surface area contributed by atoms with Gasteiger partial charge in [-0.2, -0.15) is 0 Å². The maximum atomic E-state index is 3.57. The first-order chi connectivity index (χ1) is 4.70. The van der Waals surface area contributed by atoms with Gasteiger partial charge in [-0.25, -0.2) is 0 Å². The zero-order chi connectivity index (χ0) is 7.56. The van der Waals surface area contributed by atoms with Crippen molar-refractivity contribution in [1.82, 2.24) is 0 Å². The molecule has 10 heavy (non-hydrogen) atoms. The fourth-order valence-corrected chi connectivity index (χ4v) is 1.59. The highest BCUT2D eigenvalue weighted by Crippen LogP contribution is 2.31. The minimum Gasteiger partial charge on any atom is -0.0625 e. The van der Waals surface area contributed by atoms with Crippen molar-refractivity contribution >= 4 is 0 Å². The number of hydrogen-bond acceptors (Lipinski definition) is 0. The van der Waals surface area contributed by atoms with Crippen LogP contribution in [0.3, 0.4) is 0 Å². The van der Waals surface area contributed by atoms with Gasteiger partial charge in [-0.15, -0.1) is 0 Å². The monoisotopic (exact) mass is 138 g/mol. The second kappa shape index (κ2) is 3.41. The van der Waals surface area contributed by atoms with E-state index in [1.807, 2.05) is 0 Å². The van der Waals surface area contributed by atoms with Gasteiger partial charge in [0.05, 0.1) is 0 Å². The summed E-state index contributed by atoms with van der Waals surface area (Å²) in [6.07, 6.45) is 7.58. The van der Waals surface area contributed by atoms with E-state index < -0.39 is 0 Å². The van der Waals surface area contributed by atoms with Gasteiger partial charge in [0, 0.05) is 0 Å². The van der Waals surface area contributed by atoms with Crippen LogP contribution >= 0.6 is 0 Å². The molecule has 0 aromatic carbocycles. The molecule has 1 fully saturated rings. The Morgan fingerprint density at radius 3 is 2.40 bits per heavy atom. The van der Waals surface area contributed by atoms with Gasteiger partial charge in [-0.1, -0.05) is 27.2 Å². The second-order valence-electron chi connectivity index (χ2n) is 3.94. The Bertz CT molecular complexity index is 86.2. The molecular formula is C10H18. The molecule has 0 bridgehead atoms. The molecule has 0 amide bonds. The van der Waals surface area contributed by atoms with E-state index in [0.29, 0.717) is 0 Å². The molecule has 1 rings (SSSR count). The van der Waals surface area contributed by atoms with E-state index in [0.717, 1.165) is 17.8 Å². The van der Waals surface area contributed by atoms with Crippen LogP contribution in [0.25, 0.3) is 0 Å². The summed E-state index contributed by atoms with van der Waals surface area (Å²) in [5, 5.41) is 0. The molecule has 0 heterocycles. The summed E-state index contributed by atoms with van der Waals surface area (Å²) < 4.78 is 0. The molecule has 58 valence electrons. The summed E-state index contributed by atoms with van der Waals surface area (Å²) >= 11 is 0. The molecule has 2 atom stereocenters. The van der Waals surface area contributed by atoms with Crippen LogP contribution in [0.5, 0.6) is 0 Å². The normalized spacial score (nSPS) is 34.8. The van der Waals surface area contributed by atoms with Gasteiger partial charge >= 0.3 is 0 Å². The summed E-state index contributed by atoms with van der Waals surface area (Å²) in [5.41, 5.74) is 0. The number of rotatable bonds is 1. The highest BCUT2D eigenvalue weighted by molar-refractivity contribution is 4.85. The van der Waals surface area contributed by atoms with E-state index in [-0.39, 0.29) is 0 Å². The van der Waals surface area contributed by atoms with Crippen molar-refractivity contribution < 1.29 is 0 Å². The van der Waals surface area contributed by atoms with E-state index in [1.165, 1.54) is 19.3 Å². The molecular weight excluding hydrogens is 120 g/mol. The predicted octanol–water partition coefficient (Wildman–Crippen LogP) is 3.16. The topological polar surface area (TPSA) is 0 Å². The average molecular weight is 138 g/mol. The molecule has 0 spiro atoms. The highest BCUT2D eigenvalue weighted by atomic mass is 14.3. The summed E-state index contributed by atoms with van der Waals surface area (Å²) in [6, 6.07) is 0. The predicted molar refractivity (Wildman–Crippen MR) is 44.6 cm³/mol. The van der Waals surface area contributed by atoms with Crippen molar-refractivity contribution in [3.05, 3.63) is 6.42 Å². The third-order valence-electron chi connectivity index (χ3n) is 2.50. The lowest BCUT2D eigenvalue weighted by Gasteiger charge is -2.28. The Labute approximate surface area is 65.0 Å². The second-order valence-corrected chi connectivity index (χ2v) is 3.94. The molecule has 0 N–H and O–H groups in total. The Hall–Kier alpha value is 0. The molecule has 0 aromatic rings. The SMILES string of the molecule is CC1C[C]C(C(C)C)CC1. The first-order valence-electron chi connectivity index (χ1n) is 4.43. The van der Waals surface area contributed by atoms with Crippen molar-refractivity contribution in [2.45, 2.75) is 40.0 Å². The smallest absolute Gasteiger partial charge is 0.0134 e. The third kappa shape index (κ3) is 2.00. The Balaban J connectivity index is 2.26. The Morgan fingerprint density at radius 2 is 2.00 bits per heavy atom. The third-order valence-corrected chi connectivity index (χ3v) is 2.50. The van der Waals surface area contributed by atoms with Gasteiger partial charge in [-0.05, 0) is 37.0 Å². The molecule has 1 aliphatic carbocycles. The minimum atomic E-state index is 0.788. The molecule has 1 saturated carbocycles. The van der Waals surface area contributed by atoms with Crippen molar-refractivity contribution in [3.8, 4) is 0 Å². The van der Waals surface area contributed by atoms with Crippen molar-refractivity contribution in [2.24, 2.45) is 17.8 Å². The van der Waals surface area contributed by atoms with E-state index in [2.05, 4.69) is 27.2 Å². The van der Waals surface area contributed by atoms with Gasteiger partial charge in [0.25, 0.3) is 0 Å². The molecule has 0 nitrogen and oxygen atoms in total. The van der Waals surface area contributed by atoms with Crippen LogP contribution in [0.1, 0.15) is 40.0 Å². The minimum absolute atomic E-state index is 0.788. The Morgan fingerprint density at radius 1 is 1.30 bits per heavy atom.